The Morgan fingerprint density at radius 3 is 2.31 bits per heavy atom. The molecule has 0 saturated carbocycles. The number of carbonyl (C=O) groups excluding carboxylic acids is 1. The molecule has 0 aliphatic carbocycles. The molecular weight excluding hydrogens is 372 g/mol. The van der Waals surface area contributed by atoms with E-state index in [1.165, 1.54) is 19.7 Å². The number of aromatic nitrogens is 4. The van der Waals surface area contributed by atoms with E-state index in [1.807, 2.05) is 11.8 Å². The van der Waals surface area contributed by atoms with E-state index >= 15 is 0 Å². The second kappa shape index (κ2) is 8.69. The number of hydrogen-bond donors (Lipinski definition) is 0. The SMILES string of the molecule is COC(=O)c1cnc(N2CCOCC2)nc1-c1cnc(N2CCCCC2)nc1C. The van der Waals surface area contributed by atoms with Gasteiger partial charge in [0.1, 0.15) is 5.56 Å². The minimum atomic E-state index is -0.479. The van der Waals surface area contributed by atoms with Crippen LogP contribution in [0.2, 0.25) is 0 Å². The van der Waals surface area contributed by atoms with Crippen LogP contribution in [0.4, 0.5) is 11.9 Å². The highest BCUT2D eigenvalue weighted by atomic mass is 16.5. The molecule has 2 fully saturated rings. The molecule has 9 heteroatoms. The molecule has 2 aliphatic rings. The van der Waals surface area contributed by atoms with Gasteiger partial charge >= 0.3 is 5.97 Å². The maximum Gasteiger partial charge on any atom is 0.341 e. The van der Waals surface area contributed by atoms with Crippen molar-refractivity contribution in [1.29, 1.82) is 0 Å². The normalized spacial score (nSPS) is 17.3. The molecule has 0 spiro atoms. The van der Waals surface area contributed by atoms with Gasteiger partial charge in [-0.1, -0.05) is 0 Å². The van der Waals surface area contributed by atoms with Crippen LogP contribution in [0.3, 0.4) is 0 Å². The number of morpholine rings is 1. The lowest BCUT2D eigenvalue weighted by atomic mass is 10.1. The molecule has 9 nitrogen and oxygen atoms in total. The van der Waals surface area contributed by atoms with Gasteiger partial charge in [0.15, 0.2) is 0 Å². The lowest BCUT2D eigenvalue weighted by Gasteiger charge is -2.28. The lowest BCUT2D eigenvalue weighted by Crippen LogP contribution is -2.37. The van der Waals surface area contributed by atoms with E-state index in [9.17, 15) is 4.79 Å². The number of carbonyl (C=O) groups is 1. The van der Waals surface area contributed by atoms with Crippen molar-refractivity contribution in [3.63, 3.8) is 0 Å². The monoisotopic (exact) mass is 398 g/mol. The summed E-state index contributed by atoms with van der Waals surface area (Å²) in [6, 6.07) is 0. The summed E-state index contributed by atoms with van der Waals surface area (Å²) < 4.78 is 10.4. The number of aryl methyl sites for hydroxylation is 1. The Morgan fingerprint density at radius 1 is 0.966 bits per heavy atom. The molecule has 2 aliphatic heterocycles. The van der Waals surface area contributed by atoms with E-state index in [2.05, 4.69) is 14.9 Å². The second-order valence-electron chi connectivity index (χ2n) is 7.24. The van der Waals surface area contributed by atoms with Crippen LogP contribution in [0.25, 0.3) is 11.3 Å². The van der Waals surface area contributed by atoms with Crippen LogP contribution in [0.1, 0.15) is 35.3 Å². The zero-order chi connectivity index (χ0) is 20.2. The molecular formula is C20H26N6O3. The zero-order valence-corrected chi connectivity index (χ0v) is 16.9. The highest BCUT2D eigenvalue weighted by molar-refractivity contribution is 5.96. The molecule has 4 heterocycles. The van der Waals surface area contributed by atoms with Crippen LogP contribution in [-0.2, 0) is 9.47 Å². The number of hydrogen-bond acceptors (Lipinski definition) is 9. The van der Waals surface area contributed by atoms with Crippen molar-refractivity contribution in [1.82, 2.24) is 19.9 Å². The first-order valence-electron chi connectivity index (χ1n) is 10.0. The molecule has 0 bridgehead atoms. The number of esters is 1. The number of anilines is 2. The van der Waals surface area contributed by atoms with E-state index in [-0.39, 0.29) is 0 Å². The molecule has 0 aromatic carbocycles. The van der Waals surface area contributed by atoms with E-state index in [4.69, 9.17) is 19.4 Å². The van der Waals surface area contributed by atoms with Crippen LogP contribution < -0.4 is 9.80 Å². The number of ether oxygens (including phenoxy) is 2. The van der Waals surface area contributed by atoms with Gasteiger partial charge in [0.2, 0.25) is 11.9 Å². The maximum absolute atomic E-state index is 12.3. The maximum atomic E-state index is 12.3. The standard InChI is InChI=1S/C20H26N6O3/c1-14-15(12-21-19(23-14)25-6-4-3-5-7-25)17-16(18(27)28-2)13-22-20(24-17)26-8-10-29-11-9-26/h12-13H,3-11H2,1-2H3. The Morgan fingerprint density at radius 2 is 1.62 bits per heavy atom. The third-order valence-corrected chi connectivity index (χ3v) is 5.34. The number of nitrogens with zero attached hydrogens (tertiary/aromatic N) is 6. The Bertz CT molecular complexity index is 879. The van der Waals surface area contributed by atoms with Crippen LogP contribution in [0.15, 0.2) is 12.4 Å². The lowest BCUT2D eigenvalue weighted by molar-refractivity contribution is 0.0600. The largest absolute Gasteiger partial charge is 0.465 e. The molecule has 2 saturated heterocycles. The summed E-state index contributed by atoms with van der Waals surface area (Å²) in [6.07, 6.45) is 6.85. The van der Waals surface area contributed by atoms with Gasteiger partial charge in [0, 0.05) is 44.1 Å². The third kappa shape index (κ3) is 4.14. The van der Waals surface area contributed by atoms with Crippen molar-refractivity contribution in [3.05, 3.63) is 23.7 Å². The summed E-state index contributed by atoms with van der Waals surface area (Å²) in [5.41, 5.74) is 2.29. The summed E-state index contributed by atoms with van der Waals surface area (Å²) >= 11 is 0. The Kier molecular flexibility index (Phi) is 5.84. The molecule has 0 atom stereocenters. The van der Waals surface area contributed by atoms with E-state index in [1.54, 1.807) is 6.20 Å². The molecule has 0 N–H and O–H groups in total. The minimum absolute atomic E-state index is 0.307. The van der Waals surface area contributed by atoms with Crippen LogP contribution in [0, 0.1) is 6.92 Å². The van der Waals surface area contributed by atoms with E-state index in [0.717, 1.165) is 37.6 Å². The second-order valence-corrected chi connectivity index (χ2v) is 7.24. The fourth-order valence-electron chi connectivity index (χ4n) is 3.69. The molecule has 0 unspecified atom stereocenters. The average molecular weight is 398 g/mol. The highest BCUT2D eigenvalue weighted by Gasteiger charge is 2.23. The van der Waals surface area contributed by atoms with Gasteiger partial charge in [0.25, 0.3) is 0 Å². The van der Waals surface area contributed by atoms with Crippen molar-refractivity contribution < 1.29 is 14.3 Å². The average Bonchev–Trinajstić information content (AvgIpc) is 2.79. The topological polar surface area (TPSA) is 93.6 Å². The van der Waals surface area contributed by atoms with E-state index in [0.29, 0.717) is 49.1 Å². The van der Waals surface area contributed by atoms with Gasteiger partial charge in [-0.05, 0) is 26.2 Å². The first-order chi connectivity index (χ1) is 14.2. The third-order valence-electron chi connectivity index (χ3n) is 5.34. The molecule has 0 amide bonds. The summed E-state index contributed by atoms with van der Waals surface area (Å²) in [6.45, 7) is 6.54. The number of methoxy groups -OCH3 is 1. The van der Waals surface area contributed by atoms with Crippen LogP contribution in [0.5, 0.6) is 0 Å². The predicted octanol–water partition coefficient (Wildman–Crippen LogP) is 1.86. The fraction of sp³-hybridized carbons (Fsp3) is 0.550. The van der Waals surface area contributed by atoms with Crippen LogP contribution >= 0.6 is 0 Å². The summed E-state index contributed by atoms with van der Waals surface area (Å²) in [4.78, 5) is 35.0. The zero-order valence-electron chi connectivity index (χ0n) is 16.9. The highest BCUT2D eigenvalue weighted by Crippen LogP contribution is 2.27. The van der Waals surface area contributed by atoms with Gasteiger partial charge in [-0.15, -0.1) is 0 Å². The van der Waals surface area contributed by atoms with Crippen molar-refractivity contribution in [2.45, 2.75) is 26.2 Å². The van der Waals surface area contributed by atoms with Crippen molar-refractivity contribution in [2.24, 2.45) is 0 Å². The molecule has 2 aromatic heterocycles. The quantitative estimate of drug-likeness (QED) is 0.715. The Hall–Kier alpha value is -2.81. The first-order valence-corrected chi connectivity index (χ1v) is 10.0. The fourth-order valence-corrected chi connectivity index (χ4v) is 3.69. The van der Waals surface area contributed by atoms with Crippen molar-refractivity contribution in [2.75, 3.05) is 56.3 Å². The van der Waals surface area contributed by atoms with E-state index < -0.39 is 5.97 Å². The van der Waals surface area contributed by atoms with Gasteiger partial charge in [0.05, 0.1) is 31.7 Å². The molecule has 154 valence electrons. The minimum Gasteiger partial charge on any atom is -0.465 e. The molecule has 2 aromatic rings. The summed E-state index contributed by atoms with van der Waals surface area (Å²) in [7, 11) is 1.35. The first kappa shape index (κ1) is 19.5. The molecule has 0 radical (unpaired) electrons. The van der Waals surface area contributed by atoms with Crippen molar-refractivity contribution in [3.8, 4) is 11.3 Å². The Balaban J connectivity index is 1.72. The predicted molar refractivity (Wildman–Crippen MR) is 108 cm³/mol. The number of rotatable bonds is 4. The summed E-state index contributed by atoms with van der Waals surface area (Å²) in [5.74, 6) is 0.816. The van der Waals surface area contributed by atoms with Gasteiger partial charge in [-0.3, -0.25) is 0 Å². The smallest absolute Gasteiger partial charge is 0.341 e. The molecule has 4 rings (SSSR count). The van der Waals surface area contributed by atoms with Gasteiger partial charge < -0.3 is 19.3 Å². The van der Waals surface area contributed by atoms with Crippen LogP contribution in [-0.4, -0.2) is 72.4 Å². The van der Waals surface area contributed by atoms with Crippen molar-refractivity contribution >= 4 is 17.9 Å². The molecule has 29 heavy (non-hydrogen) atoms. The van der Waals surface area contributed by atoms with Gasteiger partial charge in [-0.2, -0.15) is 0 Å². The summed E-state index contributed by atoms with van der Waals surface area (Å²) in [5, 5.41) is 0. The van der Waals surface area contributed by atoms with Gasteiger partial charge in [-0.25, -0.2) is 24.7 Å². The number of piperidine rings is 1. The Labute approximate surface area is 170 Å².